The van der Waals surface area contributed by atoms with Gasteiger partial charge in [0.1, 0.15) is 0 Å². The first-order chi connectivity index (χ1) is 9.04. The van der Waals surface area contributed by atoms with E-state index in [1.165, 1.54) is 12.1 Å². The molecule has 0 aliphatic carbocycles. The summed E-state index contributed by atoms with van der Waals surface area (Å²) >= 11 is 0. The molecular formula is C14H17F3N2. The molecule has 1 aromatic carbocycles. The van der Waals surface area contributed by atoms with Crippen molar-refractivity contribution in [1.29, 1.82) is 0 Å². The summed E-state index contributed by atoms with van der Waals surface area (Å²) in [6, 6.07) is 5.90. The molecule has 0 bridgehead atoms. The van der Waals surface area contributed by atoms with Gasteiger partial charge < -0.3 is 5.32 Å². The molecule has 2 atom stereocenters. The average molecular weight is 270 g/mol. The quantitative estimate of drug-likeness (QED) is 0.887. The zero-order valence-electron chi connectivity index (χ0n) is 10.6. The number of alkyl halides is 3. The Morgan fingerprint density at radius 1 is 1.11 bits per heavy atom. The van der Waals surface area contributed by atoms with Crippen molar-refractivity contribution in [3.8, 4) is 0 Å². The molecule has 5 heteroatoms. The van der Waals surface area contributed by atoms with Crippen molar-refractivity contribution in [2.24, 2.45) is 11.8 Å². The zero-order chi connectivity index (χ0) is 13.5. The average Bonchev–Trinajstić information content (AvgIpc) is 2.88. The Morgan fingerprint density at radius 3 is 2.37 bits per heavy atom. The summed E-state index contributed by atoms with van der Waals surface area (Å²) in [5.74, 6) is 1.22. The Bertz CT molecular complexity index is 446. The van der Waals surface area contributed by atoms with E-state index in [-0.39, 0.29) is 0 Å². The molecule has 2 aliphatic heterocycles. The van der Waals surface area contributed by atoms with Crippen LogP contribution in [0.25, 0.3) is 0 Å². The van der Waals surface area contributed by atoms with Crippen LogP contribution in [0.5, 0.6) is 0 Å². The van der Waals surface area contributed by atoms with Crippen molar-refractivity contribution < 1.29 is 13.2 Å². The lowest BCUT2D eigenvalue weighted by Gasteiger charge is -2.20. The number of rotatable bonds is 2. The van der Waals surface area contributed by atoms with Crippen molar-refractivity contribution in [3.63, 3.8) is 0 Å². The summed E-state index contributed by atoms with van der Waals surface area (Å²) in [6.07, 6.45) is -4.26. The van der Waals surface area contributed by atoms with Crippen LogP contribution < -0.4 is 5.32 Å². The summed E-state index contributed by atoms with van der Waals surface area (Å²) in [4.78, 5) is 2.15. The van der Waals surface area contributed by atoms with E-state index in [2.05, 4.69) is 10.2 Å². The Kier molecular flexibility index (Phi) is 3.27. The fourth-order valence-electron chi connectivity index (χ4n) is 3.26. The van der Waals surface area contributed by atoms with Gasteiger partial charge in [0.25, 0.3) is 0 Å². The molecule has 1 aromatic rings. The molecule has 0 spiro atoms. The van der Waals surface area contributed by atoms with Crippen molar-refractivity contribution in [3.05, 3.63) is 35.4 Å². The number of hydrogen-bond donors (Lipinski definition) is 1. The minimum absolute atomic E-state index is 0.392. The topological polar surface area (TPSA) is 15.3 Å². The van der Waals surface area contributed by atoms with E-state index < -0.39 is 11.7 Å². The van der Waals surface area contributed by atoms with Crippen LogP contribution in [0.2, 0.25) is 0 Å². The lowest BCUT2D eigenvalue weighted by atomic mass is 10.0. The molecule has 104 valence electrons. The van der Waals surface area contributed by atoms with Gasteiger partial charge in [0.15, 0.2) is 0 Å². The monoisotopic (exact) mass is 270 g/mol. The first kappa shape index (κ1) is 12.9. The van der Waals surface area contributed by atoms with Crippen molar-refractivity contribution in [2.45, 2.75) is 12.7 Å². The highest BCUT2D eigenvalue weighted by Crippen LogP contribution is 2.34. The number of nitrogens with zero attached hydrogens (tertiary/aromatic N) is 1. The maximum absolute atomic E-state index is 12.9. The van der Waals surface area contributed by atoms with E-state index in [1.54, 1.807) is 12.1 Å². The number of benzene rings is 1. The number of nitrogens with one attached hydrogen (secondary N) is 1. The summed E-state index contributed by atoms with van der Waals surface area (Å²) in [7, 11) is 0. The van der Waals surface area contributed by atoms with Crippen LogP contribution in [-0.2, 0) is 12.7 Å². The normalized spacial score (nSPS) is 27.7. The molecule has 0 radical (unpaired) electrons. The lowest BCUT2D eigenvalue weighted by molar-refractivity contribution is -0.138. The molecule has 2 heterocycles. The summed E-state index contributed by atoms with van der Waals surface area (Å²) in [5.41, 5.74) is -0.104. The molecule has 0 aromatic heterocycles. The second kappa shape index (κ2) is 4.80. The van der Waals surface area contributed by atoms with Gasteiger partial charge in [0, 0.05) is 19.6 Å². The summed E-state index contributed by atoms with van der Waals surface area (Å²) in [6.45, 7) is 4.22. The van der Waals surface area contributed by atoms with Gasteiger partial charge in [-0.15, -0.1) is 0 Å². The first-order valence-electron chi connectivity index (χ1n) is 6.62. The van der Waals surface area contributed by atoms with E-state index in [0.29, 0.717) is 23.9 Å². The molecule has 0 amide bonds. The Labute approximate surface area is 110 Å². The largest absolute Gasteiger partial charge is 0.416 e. The highest BCUT2D eigenvalue weighted by molar-refractivity contribution is 5.29. The van der Waals surface area contributed by atoms with Crippen molar-refractivity contribution in [2.75, 3.05) is 26.2 Å². The van der Waals surface area contributed by atoms with Crippen molar-refractivity contribution >= 4 is 0 Å². The van der Waals surface area contributed by atoms with E-state index in [0.717, 1.165) is 26.2 Å². The maximum atomic E-state index is 12.9. The maximum Gasteiger partial charge on any atom is 0.416 e. The fourth-order valence-corrected chi connectivity index (χ4v) is 3.26. The smallest absolute Gasteiger partial charge is 0.316 e. The molecule has 2 unspecified atom stereocenters. The second-order valence-corrected chi connectivity index (χ2v) is 5.53. The SMILES string of the molecule is FC(F)(F)c1ccccc1CN1CC2CNCC2C1. The van der Waals surface area contributed by atoms with Crippen LogP contribution in [0.3, 0.4) is 0 Å². The van der Waals surface area contributed by atoms with Gasteiger partial charge >= 0.3 is 6.18 Å². The third kappa shape index (κ3) is 2.62. The summed E-state index contributed by atoms with van der Waals surface area (Å²) in [5, 5.41) is 3.34. The van der Waals surface area contributed by atoms with Crippen LogP contribution in [-0.4, -0.2) is 31.1 Å². The van der Waals surface area contributed by atoms with E-state index in [4.69, 9.17) is 0 Å². The Morgan fingerprint density at radius 2 is 1.74 bits per heavy atom. The van der Waals surface area contributed by atoms with Gasteiger partial charge in [-0.2, -0.15) is 13.2 Å². The van der Waals surface area contributed by atoms with Crippen LogP contribution in [0, 0.1) is 11.8 Å². The third-order valence-corrected chi connectivity index (χ3v) is 4.18. The molecule has 1 N–H and O–H groups in total. The molecule has 2 nitrogen and oxygen atoms in total. The van der Waals surface area contributed by atoms with Crippen LogP contribution in [0.15, 0.2) is 24.3 Å². The Balaban J connectivity index is 1.74. The summed E-state index contributed by atoms with van der Waals surface area (Å²) < 4.78 is 38.8. The predicted molar refractivity (Wildman–Crippen MR) is 66.6 cm³/mol. The number of fused-ring (bicyclic) bond motifs is 1. The van der Waals surface area contributed by atoms with E-state index in [1.807, 2.05) is 0 Å². The molecular weight excluding hydrogens is 253 g/mol. The fraction of sp³-hybridized carbons (Fsp3) is 0.571. The zero-order valence-corrected chi connectivity index (χ0v) is 10.6. The van der Waals surface area contributed by atoms with E-state index >= 15 is 0 Å². The van der Waals surface area contributed by atoms with Gasteiger partial charge in [0.05, 0.1) is 5.56 Å². The highest BCUT2D eigenvalue weighted by atomic mass is 19.4. The van der Waals surface area contributed by atoms with Crippen molar-refractivity contribution in [1.82, 2.24) is 10.2 Å². The molecule has 2 saturated heterocycles. The molecule has 19 heavy (non-hydrogen) atoms. The van der Waals surface area contributed by atoms with Gasteiger partial charge in [-0.25, -0.2) is 0 Å². The van der Waals surface area contributed by atoms with Gasteiger partial charge in [-0.05, 0) is 36.6 Å². The molecule has 2 fully saturated rings. The van der Waals surface area contributed by atoms with Gasteiger partial charge in [-0.1, -0.05) is 18.2 Å². The number of halogens is 3. The minimum Gasteiger partial charge on any atom is -0.316 e. The van der Waals surface area contributed by atoms with Gasteiger partial charge in [-0.3, -0.25) is 4.90 Å². The van der Waals surface area contributed by atoms with Crippen LogP contribution in [0.1, 0.15) is 11.1 Å². The standard InChI is InChI=1S/C14H17F3N2/c15-14(16,17)13-4-2-1-3-10(13)7-19-8-11-5-18-6-12(11)9-19/h1-4,11-12,18H,5-9H2. The van der Waals surface area contributed by atoms with E-state index in [9.17, 15) is 13.2 Å². The third-order valence-electron chi connectivity index (χ3n) is 4.18. The van der Waals surface area contributed by atoms with Crippen LogP contribution in [0.4, 0.5) is 13.2 Å². The predicted octanol–water partition coefficient (Wildman–Crippen LogP) is 2.36. The Hall–Kier alpha value is -1.07. The first-order valence-corrected chi connectivity index (χ1v) is 6.62. The second-order valence-electron chi connectivity index (χ2n) is 5.53. The van der Waals surface area contributed by atoms with Gasteiger partial charge in [0.2, 0.25) is 0 Å². The number of hydrogen-bond acceptors (Lipinski definition) is 2. The molecule has 0 saturated carbocycles. The molecule has 3 rings (SSSR count). The highest BCUT2D eigenvalue weighted by Gasteiger charge is 2.37. The minimum atomic E-state index is -4.26. The number of likely N-dealkylation sites (tertiary alicyclic amines) is 1. The lowest BCUT2D eigenvalue weighted by Crippen LogP contribution is -2.26. The molecule has 2 aliphatic rings. The van der Waals surface area contributed by atoms with Crippen LogP contribution >= 0.6 is 0 Å².